The van der Waals surface area contributed by atoms with Gasteiger partial charge in [0.05, 0.1) is 10.8 Å². The summed E-state index contributed by atoms with van der Waals surface area (Å²) in [6.07, 6.45) is -0.637. The summed E-state index contributed by atoms with van der Waals surface area (Å²) < 4.78 is 64.3. The molecular weight excluding hydrogens is 460 g/mol. The van der Waals surface area contributed by atoms with Gasteiger partial charge >= 0.3 is 6.61 Å². The standard InChI is InChI=1S/C23H20ClF2NO4S/c1-13(2)32(28,29)27-16-9-10-17-18(12-16)22(14-5-3-6-15(24)11-14)30-19-7-4-8-20(21(17)19)31-23(25)26/h3-13,22-23,27H,1-2H3. The first-order valence-corrected chi connectivity index (χ1v) is 11.7. The molecule has 3 aromatic carbocycles. The zero-order valence-electron chi connectivity index (χ0n) is 17.2. The Morgan fingerprint density at radius 2 is 1.81 bits per heavy atom. The van der Waals surface area contributed by atoms with E-state index in [0.717, 1.165) is 5.56 Å². The van der Waals surface area contributed by atoms with Crippen LogP contribution in [0.2, 0.25) is 5.02 Å². The van der Waals surface area contributed by atoms with Crippen LogP contribution in [0.4, 0.5) is 14.5 Å². The van der Waals surface area contributed by atoms with Crippen molar-refractivity contribution in [3.05, 3.63) is 76.8 Å². The molecule has 0 aliphatic carbocycles. The van der Waals surface area contributed by atoms with Crippen LogP contribution in [-0.2, 0) is 10.0 Å². The monoisotopic (exact) mass is 479 g/mol. The minimum absolute atomic E-state index is 0.0289. The summed E-state index contributed by atoms with van der Waals surface area (Å²) in [5.41, 5.74) is 2.63. The maximum absolute atomic E-state index is 13.0. The van der Waals surface area contributed by atoms with E-state index >= 15 is 0 Å². The molecule has 1 unspecified atom stereocenters. The van der Waals surface area contributed by atoms with E-state index in [1.54, 1.807) is 62.4 Å². The fourth-order valence-electron chi connectivity index (χ4n) is 3.53. The number of alkyl halides is 2. The number of benzene rings is 3. The molecule has 1 N–H and O–H groups in total. The molecule has 1 atom stereocenters. The van der Waals surface area contributed by atoms with Gasteiger partial charge in [0.2, 0.25) is 10.0 Å². The van der Waals surface area contributed by atoms with Gasteiger partial charge in [-0.05, 0) is 61.4 Å². The molecule has 0 bridgehead atoms. The first-order chi connectivity index (χ1) is 15.2. The summed E-state index contributed by atoms with van der Waals surface area (Å²) in [5.74, 6) is 0.343. The van der Waals surface area contributed by atoms with Crippen LogP contribution in [0.15, 0.2) is 60.7 Å². The Labute approximate surface area is 190 Å². The summed E-state index contributed by atoms with van der Waals surface area (Å²) in [7, 11) is -3.59. The first kappa shape index (κ1) is 22.4. The number of sulfonamides is 1. The van der Waals surface area contributed by atoms with Crippen LogP contribution in [0.25, 0.3) is 11.1 Å². The average molecular weight is 480 g/mol. The smallest absolute Gasteiger partial charge is 0.387 e. The van der Waals surface area contributed by atoms with Gasteiger partial charge in [-0.15, -0.1) is 0 Å². The second-order valence-corrected chi connectivity index (χ2v) is 10.2. The fourth-order valence-corrected chi connectivity index (χ4v) is 4.42. The van der Waals surface area contributed by atoms with E-state index in [2.05, 4.69) is 4.72 Å². The molecule has 5 nitrogen and oxygen atoms in total. The number of anilines is 1. The highest BCUT2D eigenvalue weighted by Gasteiger charge is 2.31. The molecule has 0 saturated carbocycles. The quantitative estimate of drug-likeness (QED) is 0.454. The van der Waals surface area contributed by atoms with Crippen molar-refractivity contribution in [2.75, 3.05) is 4.72 Å². The van der Waals surface area contributed by atoms with E-state index in [9.17, 15) is 17.2 Å². The van der Waals surface area contributed by atoms with Gasteiger partial charge in [0.15, 0.2) is 0 Å². The van der Waals surface area contributed by atoms with Gasteiger partial charge in [-0.25, -0.2) is 8.42 Å². The summed E-state index contributed by atoms with van der Waals surface area (Å²) in [6.45, 7) is 0.138. The summed E-state index contributed by atoms with van der Waals surface area (Å²) in [6, 6.07) is 16.7. The minimum atomic E-state index is -3.59. The molecule has 4 rings (SSSR count). The number of fused-ring (bicyclic) bond motifs is 3. The maximum Gasteiger partial charge on any atom is 0.387 e. The molecule has 9 heteroatoms. The van der Waals surface area contributed by atoms with Gasteiger partial charge in [-0.3, -0.25) is 4.72 Å². The van der Waals surface area contributed by atoms with Gasteiger partial charge < -0.3 is 9.47 Å². The van der Waals surface area contributed by atoms with Crippen LogP contribution >= 0.6 is 11.6 Å². The molecule has 0 aromatic heterocycles. The molecular formula is C23H20ClF2NO4S. The molecule has 32 heavy (non-hydrogen) atoms. The second-order valence-electron chi connectivity index (χ2n) is 7.56. The zero-order chi connectivity index (χ0) is 23.0. The highest BCUT2D eigenvalue weighted by molar-refractivity contribution is 7.93. The lowest BCUT2D eigenvalue weighted by Crippen LogP contribution is -2.23. The molecule has 0 amide bonds. The normalized spacial score (nSPS) is 15.2. The summed E-state index contributed by atoms with van der Waals surface area (Å²) in [5, 5.41) is -0.129. The van der Waals surface area contributed by atoms with Crippen molar-refractivity contribution in [2.45, 2.75) is 31.8 Å². The number of rotatable bonds is 6. The predicted octanol–water partition coefficient (Wildman–Crippen LogP) is 6.24. The van der Waals surface area contributed by atoms with E-state index in [1.165, 1.54) is 6.07 Å². The highest BCUT2D eigenvalue weighted by Crippen LogP contribution is 2.50. The van der Waals surface area contributed by atoms with E-state index in [1.807, 2.05) is 6.07 Å². The third kappa shape index (κ3) is 4.38. The Hall–Kier alpha value is -2.84. The molecule has 3 aromatic rings. The van der Waals surface area contributed by atoms with Crippen LogP contribution < -0.4 is 14.2 Å². The summed E-state index contributed by atoms with van der Waals surface area (Å²) >= 11 is 6.18. The number of hydrogen-bond acceptors (Lipinski definition) is 4. The molecule has 0 fully saturated rings. The number of ether oxygens (including phenoxy) is 2. The van der Waals surface area contributed by atoms with Crippen molar-refractivity contribution in [1.29, 1.82) is 0 Å². The third-order valence-electron chi connectivity index (χ3n) is 5.08. The Bertz CT molecular complexity index is 1260. The van der Waals surface area contributed by atoms with E-state index < -0.39 is 28.0 Å². The second kappa shape index (κ2) is 8.60. The van der Waals surface area contributed by atoms with Crippen molar-refractivity contribution in [1.82, 2.24) is 0 Å². The lowest BCUT2D eigenvalue weighted by atomic mass is 9.89. The zero-order valence-corrected chi connectivity index (χ0v) is 18.8. The Kier molecular flexibility index (Phi) is 6.01. The van der Waals surface area contributed by atoms with Crippen molar-refractivity contribution in [2.24, 2.45) is 0 Å². The molecule has 0 radical (unpaired) electrons. The third-order valence-corrected chi connectivity index (χ3v) is 7.08. The maximum atomic E-state index is 13.0. The molecule has 0 saturated heterocycles. The largest absolute Gasteiger partial charge is 0.480 e. The predicted molar refractivity (Wildman–Crippen MR) is 120 cm³/mol. The number of halogens is 3. The number of hydrogen-bond donors (Lipinski definition) is 1. The van der Waals surface area contributed by atoms with Crippen LogP contribution in [0, 0.1) is 0 Å². The fraction of sp³-hybridized carbons (Fsp3) is 0.217. The molecule has 168 valence electrons. The minimum Gasteiger partial charge on any atom is -0.480 e. The topological polar surface area (TPSA) is 64.6 Å². The lowest BCUT2D eigenvalue weighted by molar-refractivity contribution is -0.0496. The van der Waals surface area contributed by atoms with Crippen molar-refractivity contribution in [3.8, 4) is 22.6 Å². The Balaban J connectivity index is 1.89. The van der Waals surface area contributed by atoms with Crippen LogP contribution in [-0.4, -0.2) is 20.3 Å². The van der Waals surface area contributed by atoms with Crippen molar-refractivity contribution >= 4 is 27.3 Å². The van der Waals surface area contributed by atoms with E-state index in [-0.39, 0.29) is 5.75 Å². The molecule has 1 heterocycles. The summed E-state index contributed by atoms with van der Waals surface area (Å²) in [4.78, 5) is 0. The van der Waals surface area contributed by atoms with Gasteiger partial charge in [0.1, 0.15) is 17.6 Å². The Morgan fingerprint density at radius 3 is 2.50 bits per heavy atom. The molecule has 0 spiro atoms. The van der Waals surface area contributed by atoms with Crippen LogP contribution in [0.1, 0.15) is 31.1 Å². The van der Waals surface area contributed by atoms with E-state index in [4.69, 9.17) is 21.1 Å². The average Bonchev–Trinajstić information content (AvgIpc) is 2.72. The lowest BCUT2D eigenvalue weighted by Gasteiger charge is -2.31. The Morgan fingerprint density at radius 1 is 1.06 bits per heavy atom. The van der Waals surface area contributed by atoms with Crippen molar-refractivity contribution < 1.29 is 26.7 Å². The molecule has 1 aliphatic heterocycles. The SMILES string of the molecule is CC(C)S(=O)(=O)Nc1ccc2c(c1)C(c1cccc(Cl)c1)Oc1cccc(OC(F)F)c1-2. The molecule has 1 aliphatic rings. The van der Waals surface area contributed by atoms with Crippen LogP contribution in [0.3, 0.4) is 0 Å². The highest BCUT2D eigenvalue weighted by atomic mass is 35.5. The van der Waals surface area contributed by atoms with Gasteiger partial charge in [-0.1, -0.05) is 35.9 Å². The van der Waals surface area contributed by atoms with Gasteiger partial charge in [0.25, 0.3) is 0 Å². The van der Waals surface area contributed by atoms with Crippen LogP contribution in [0.5, 0.6) is 11.5 Å². The first-order valence-electron chi connectivity index (χ1n) is 9.81. The van der Waals surface area contributed by atoms with Crippen molar-refractivity contribution in [3.63, 3.8) is 0 Å². The van der Waals surface area contributed by atoms with Gasteiger partial charge in [0, 0.05) is 16.3 Å². The number of nitrogens with one attached hydrogen (secondary N) is 1. The van der Waals surface area contributed by atoms with E-state index in [0.29, 0.717) is 33.1 Å². The van der Waals surface area contributed by atoms with Gasteiger partial charge in [-0.2, -0.15) is 8.78 Å².